The molecular weight excluding hydrogens is 202 g/mol. The van der Waals surface area contributed by atoms with Gasteiger partial charge in [0.1, 0.15) is 18.0 Å². The minimum absolute atomic E-state index is 0.0301. The molecule has 7 nitrogen and oxygen atoms in total. The first-order chi connectivity index (χ1) is 7.07. The van der Waals surface area contributed by atoms with E-state index < -0.39 is 11.0 Å². The molecule has 7 heteroatoms. The molecule has 0 saturated carbocycles. The second-order valence-electron chi connectivity index (χ2n) is 2.63. The van der Waals surface area contributed by atoms with Gasteiger partial charge < -0.3 is 14.8 Å². The topological polar surface area (TPSA) is 99.4 Å². The third-order valence-corrected chi connectivity index (χ3v) is 1.80. The van der Waals surface area contributed by atoms with Crippen molar-refractivity contribution in [2.45, 2.75) is 6.92 Å². The molecule has 1 heterocycles. The van der Waals surface area contributed by atoms with Crippen LogP contribution in [0.4, 0.5) is 16.2 Å². The summed E-state index contributed by atoms with van der Waals surface area (Å²) in [6.45, 7) is 1.63. The van der Waals surface area contributed by atoms with Gasteiger partial charge in [0, 0.05) is 12.7 Å². The standard InChI is InChI=1S/C8H9N3O4/c1-2-10(8(12)13)6-3-4-9-5-7(6)11(14)15/h3-5H,2H2,1H3,(H,12,13)/p-1. The predicted octanol–water partition coefficient (Wildman–Crippen LogP) is 0.159. The fourth-order valence-electron chi connectivity index (χ4n) is 1.15. The van der Waals surface area contributed by atoms with Crippen LogP contribution in [0.15, 0.2) is 18.5 Å². The van der Waals surface area contributed by atoms with Gasteiger partial charge in [-0.3, -0.25) is 15.1 Å². The van der Waals surface area contributed by atoms with Crippen molar-refractivity contribution in [1.29, 1.82) is 0 Å². The SMILES string of the molecule is CCN(C(=O)[O-])c1ccncc1[N+](=O)[O-]. The number of anilines is 1. The molecule has 1 aromatic rings. The molecule has 0 aromatic carbocycles. The molecule has 15 heavy (non-hydrogen) atoms. The van der Waals surface area contributed by atoms with Gasteiger partial charge in [0.25, 0.3) is 0 Å². The van der Waals surface area contributed by atoms with Gasteiger partial charge in [0.2, 0.25) is 0 Å². The summed E-state index contributed by atoms with van der Waals surface area (Å²) < 4.78 is 0. The molecule has 0 aliphatic heterocycles. The van der Waals surface area contributed by atoms with Crippen LogP contribution in [-0.2, 0) is 0 Å². The second kappa shape index (κ2) is 4.36. The molecule has 0 bridgehead atoms. The Labute approximate surface area is 85.1 Å². The molecule has 0 unspecified atom stereocenters. The van der Waals surface area contributed by atoms with Gasteiger partial charge in [-0.2, -0.15) is 0 Å². The highest BCUT2D eigenvalue weighted by molar-refractivity contribution is 5.87. The highest BCUT2D eigenvalue weighted by Gasteiger charge is 2.18. The van der Waals surface area contributed by atoms with Crippen molar-refractivity contribution in [3.63, 3.8) is 0 Å². The first-order valence-electron chi connectivity index (χ1n) is 4.14. The van der Waals surface area contributed by atoms with Gasteiger partial charge in [-0.25, -0.2) is 0 Å². The Morgan fingerprint density at radius 2 is 2.33 bits per heavy atom. The Hall–Kier alpha value is -2.18. The molecule has 0 aliphatic carbocycles. The number of carbonyl (C=O) groups excluding carboxylic acids is 1. The van der Waals surface area contributed by atoms with Crippen LogP contribution in [0.5, 0.6) is 0 Å². The van der Waals surface area contributed by atoms with Crippen molar-refractivity contribution < 1.29 is 14.8 Å². The quantitative estimate of drug-likeness (QED) is 0.522. The van der Waals surface area contributed by atoms with E-state index in [2.05, 4.69) is 4.98 Å². The van der Waals surface area contributed by atoms with E-state index >= 15 is 0 Å². The zero-order chi connectivity index (χ0) is 11.4. The van der Waals surface area contributed by atoms with Gasteiger partial charge in [-0.15, -0.1) is 0 Å². The maximum Gasteiger partial charge on any atom is 0.311 e. The van der Waals surface area contributed by atoms with E-state index in [1.54, 1.807) is 6.92 Å². The summed E-state index contributed by atoms with van der Waals surface area (Å²) in [5.41, 5.74) is -0.388. The average molecular weight is 210 g/mol. The number of nitrogens with zero attached hydrogens (tertiary/aromatic N) is 3. The van der Waals surface area contributed by atoms with Crippen LogP contribution in [0.2, 0.25) is 0 Å². The van der Waals surface area contributed by atoms with Crippen molar-refractivity contribution >= 4 is 17.5 Å². The van der Waals surface area contributed by atoms with Crippen LogP contribution in [0.25, 0.3) is 0 Å². The highest BCUT2D eigenvalue weighted by Crippen LogP contribution is 2.25. The second-order valence-corrected chi connectivity index (χ2v) is 2.63. The van der Waals surface area contributed by atoms with E-state index in [4.69, 9.17) is 0 Å². The summed E-state index contributed by atoms with van der Waals surface area (Å²) in [6.07, 6.45) is 0.807. The normalized spacial score (nSPS) is 9.67. The van der Waals surface area contributed by atoms with Crippen molar-refractivity contribution in [1.82, 2.24) is 4.98 Å². The number of hydrogen-bond acceptors (Lipinski definition) is 5. The molecule has 1 amide bonds. The van der Waals surface area contributed by atoms with Crippen LogP contribution in [0.3, 0.4) is 0 Å². The number of rotatable bonds is 3. The number of nitro groups is 1. The summed E-state index contributed by atoms with van der Waals surface area (Å²) in [4.78, 5) is 24.9. The van der Waals surface area contributed by atoms with Crippen LogP contribution in [0, 0.1) is 10.1 Å². The molecule has 0 fully saturated rings. The fourth-order valence-corrected chi connectivity index (χ4v) is 1.15. The van der Waals surface area contributed by atoms with E-state index in [1.807, 2.05) is 0 Å². The Kier molecular flexibility index (Phi) is 3.17. The van der Waals surface area contributed by atoms with E-state index in [0.29, 0.717) is 0 Å². The van der Waals surface area contributed by atoms with Crippen molar-refractivity contribution in [3.8, 4) is 0 Å². The summed E-state index contributed by atoms with van der Waals surface area (Å²) >= 11 is 0. The Morgan fingerprint density at radius 1 is 1.67 bits per heavy atom. The average Bonchev–Trinajstić information content (AvgIpc) is 2.18. The smallest absolute Gasteiger partial charge is 0.311 e. The molecular formula is C8H8N3O4-. The monoisotopic (exact) mass is 210 g/mol. The Balaban J connectivity index is 3.22. The predicted molar refractivity (Wildman–Crippen MR) is 49.3 cm³/mol. The summed E-state index contributed by atoms with van der Waals surface area (Å²) in [5.74, 6) is 0. The van der Waals surface area contributed by atoms with Crippen molar-refractivity contribution in [2.75, 3.05) is 11.4 Å². The summed E-state index contributed by atoms with van der Waals surface area (Å²) in [7, 11) is 0. The minimum Gasteiger partial charge on any atom is -0.530 e. The zero-order valence-corrected chi connectivity index (χ0v) is 7.91. The molecule has 0 atom stereocenters. The Bertz CT molecular complexity index is 393. The highest BCUT2D eigenvalue weighted by atomic mass is 16.6. The van der Waals surface area contributed by atoms with Gasteiger partial charge in [-0.1, -0.05) is 0 Å². The van der Waals surface area contributed by atoms with Crippen molar-refractivity contribution in [3.05, 3.63) is 28.6 Å². The van der Waals surface area contributed by atoms with Gasteiger partial charge >= 0.3 is 5.69 Å². The zero-order valence-electron chi connectivity index (χ0n) is 7.91. The molecule has 1 rings (SSSR count). The third-order valence-electron chi connectivity index (χ3n) is 1.80. The van der Waals surface area contributed by atoms with E-state index in [1.165, 1.54) is 12.3 Å². The van der Waals surface area contributed by atoms with E-state index in [-0.39, 0.29) is 17.9 Å². The number of carboxylic acid groups (broad SMARTS) is 1. The van der Waals surface area contributed by atoms with Crippen LogP contribution in [0.1, 0.15) is 6.92 Å². The third kappa shape index (κ3) is 2.19. The van der Waals surface area contributed by atoms with E-state index in [9.17, 15) is 20.0 Å². The molecule has 0 radical (unpaired) electrons. The van der Waals surface area contributed by atoms with Gasteiger partial charge in [0.15, 0.2) is 0 Å². The lowest BCUT2D eigenvalue weighted by molar-refractivity contribution is -0.384. The number of hydrogen-bond donors (Lipinski definition) is 0. The van der Waals surface area contributed by atoms with Crippen molar-refractivity contribution in [2.24, 2.45) is 0 Å². The Morgan fingerprint density at radius 3 is 2.80 bits per heavy atom. The first-order valence-corrected chi connectivity index (χ1v) is 4.14. The van der Waals surface area contributed by atoms with Crippen LogP contribution in [-0.4, -0.2) is 22.5 Å². The van der Waals surface area contributed by atoms with E-state index in [0.717, 1.165) is 11.1 Å². The lowest BCUT2D eigenvalue weighted by Crippen LogP contribution is -2.41. The lowest BCUT2D eigenvalue weighted by atomic mass is 10.3. The minimum atomic E-state index is -1.48. The van der Waals surface area contributed by atoms with Crippen LogP contribution < -0.4 is 10.0 Å². The molecule has 0 aliphatic rings. The maximum atomic E-state index is 10.7. The number of carbonyl (C=O) groups is 1. The first kappa shape index (κ1) is 10.9. The van der Waals surface area contributed by atoms with Gasteiger partial charge in [-0.05, 0) is 13.0 Å². The maximum absolute atomic E-state index is 10.7. The largest absolute Gasteiger partial charge is 0.530 e. The molecule has 0 saturated heterocycles. The summed E-state index contributed by atoms with van der Waals surface area (Å²) in [5, 5.41) is 21.3. The molecule has 0 spiro atoms. The number of aromatic nitrogens is 1. The molecule has 1 aromatic heterocycles. The van der Waals surface area contributed by atoms with Gasteiger partial charge in [0.05, 0.1) is 4.92 Å². The van der Waals surface area contributed by atoms with Crippen LogP contribution >= 0.6 is 0 Å². The number of amides is 1. The fraction of sp³-hybridized carbons (Fsp3) is 0.250. The molecule has 80 valence electrons. The molecule has 0 N–H and O–H groups in total. The lowest BCUT2D eigenvalue weighted by Gasteiger charge is -2.22. The number of pyridine rings is 1. The summed E-state index contributed by atoms with van der Waals surface area (Å²) in [6, 6.07) is 1.26.